The summed E-state index contributed by atoms with van der Waals surface area (Å²) in [6.07, 6.45) is 70.0. The Morgan fingerprint density at radius 2 is 0.606 bits per heavy atom. The van der Waals surface area contributed by atoms with Crippen LogP contribution in [0.3, 0.4) is 0 Å². The summed E-state index contributed by atoms with van der Waals surface area (Å²) in [6.45, 7) is 6.44. The predicted molar refractivity (Wildman–Crippen MR) is 284 cm³/mol. The van der Waals surface area contributed by atoms with Crippen molar-refractivity contribution in [3.05, 3.63) is 85.1 Å². The molecule has 0 aromatic rings. The molecule has 0 N–H and O–H groups in total. The zero-order valence-corrected chi connectivity index (χ0v) is 43.2. The molecule has 0 aliphatic heterocycles. The van der Waals surface area contributed by atoms with Crippen LogP contribution >= 0.6 is 0 Å². The highest BCUT2D eigenvalue weighted by Gasteiger charge is 2.19. The van der Waals surface area contributed by atoms with Crippen LogP contribution in [-0.2, 0) is 28.6 Å². The fourth-order valence-electron chi connectivity index (χ4n) is 7.44. The predicted octanol–water partition coefficient (Wildman–Crippen LogP) is 18.4. The van der Waals surface area contributed by atoms with Crippen molar-refractivity contribution in [1.82, 2.24) is 0 Å². The van der Waals surface area contributed by atoms with Gasteiger partial charge in [0.25, 0.3) is 0 Å². The minimum absolute atomic E-state index is 0.0989. The standard InChI is InChI=1S/C60H102O6/c1-4-7-10-13-16-19-22-25-28-29-30-31-33-35-38-41-44-47-50-53-59(62)65-56-57(55-64-58(61)52-49-46-43-40-37-34-27-24-21-18-15-12-9-6-3)66-60(63)54-51-48-45-42-39-36-32-26-23-20-17-14-11-8-5-2/h8,11,15,17-18,20,24-28,32,39,42,57H,4-7,9-10,12-14,16,19,21-23,29-31,33-38,40-41,43-56H2,1-3H3/b11-8-,18-15-,20-17-,27-24-,28-25-,32-26-,42-39-. The molecule has 0 aromatic heterocycles. The van der Waals surface area contributed by atoms with E-state index in [4.69, 9.17) is 14.2 Å². The van der Waals surface area contributed by atoms with E-state index in [9.17, 15) is 14.4 Å². The molecule has 0 rings (SSSR count). The smallest absolute Gasteiger partial charge is 0.306 e. The van der Waals surface area contributed by atoms with Crippen LogP contribution in [0.2, 0.25) is 0 Å². The van der Waals surface area contributed by atoms with E-state index in [1.165, 1.54) is 109 Å². The van der Waals surface area contributed by atoms with E-state index >= 15 is 0 Å². The van der Waals surface area contributed by atoms with E-state index in [1.54, 1.807) is 0 Å². The van der Waals surface area contributed by atoms with Gasteiger partial charge in [-0.15, -0.1) is 0 Å². The van der Waals surface area contributed by atoms with E-state index < -0.39 is 6.10 Å². The second kappa shape index (κ2) is 54.2. The average Bonchev–Trinajstić information content (AvgIpc) is 3.31. The zero-order chi connectivity index (χ0) is 47.9. The SMILES string of the molecule is CC/C=C\C/C=C\C/C=C\C/C=C\CCCCC(=O)OC(COC(=O)CCCCCCC/C=C\C/C=C\CCCC)COC(=O)CCCCCCCCCCC/C=C\CCCCCCCC. The van der Waals surface area contributed by atoms with Crippen LogP contribution in [0.5, 0.6) is 0 Å². The molecular weight excluding hydrogens is 817 g/mol. The van der Waals surface area contributed by atoms with Crippen LogP contribution in [0, 0.1) is 0 Å². The van der Waals surface area contributed by atoms with Gasteiger partial charge in [-0.3, -0.25) is 14.4 Å². The minimum atomic E-state index is -0.805. The molecule has 0 spiro atoms. The van der Waals surface area contributed by atoms with Gasteiger partial charge in [-0.05, 0) is 109 Å². The summed E-state index contributed by atoms with van der Waals surface area (Å²) in [7, 11) is 0. The number of carbonyl (C=O) groups excluding carboxylic acids is 3. The molecular formula is C60H102O6. The summed E-state index contributed by atoms with van der Waals surface area (Å²) in [4.78, 5) is 38.1. The first-order valence-corrected chi connectivity index (χ1v) is 27.6. The molecule has 6 nitrogen and oxygen atoms in total. The van der Waals surface area contributed by atoms with E-state index in [2.05, 4.69) is 106 Å². The van der Waals surface area contributed by atoms with Crippen molar-refractivity contribution in [2.24, 2.45) is 0 Å². The van der Waals surface area contributed by atoms with Gasteiger partial charge in [0.05, 0.1) is 0 Å². The Bertz CT molecular complexity index is 1290. The Labute approximate surface area is 407 Å². The minimum Gasteiger partial charge on any atom is -0.462 e. The lowest BCUT2D eigenvalue weighted by atomic mass is 10.1. The molecule has 0 heterocycles. The first-order chi connectivity index (χ1) is 32.5. The fraction of sp³-hybridized carbons (Fsp3) is 0.717. The van der Waals surface area contributed by atoms with Crippen molar-refractivity contribution in [2.75, 3.05) is 13.2 Å². The molecule has 0 aliphatic rings. The van der Waals surface area contributed by atoms with E-state index in [1.807, 2.05) is 0 Å². The summed E-state index contributed by atoms with van der Waals surface area (Å²) in [5, 5.41) is 0. The number of hydrogen-bond acceptors (Lipinski definition) is 6. The van der Waals surface area contributed by atoms with Gasteiger partial charge >= 0.3 is 17.9 Å². The molecule has 0 aliphatic carbocycles. The van der Waals surface area contributed by atoms with Crippen molar-refractivity contribution in [2.45, 2.75) is 264 Å². The highest BCUT2D eigenvalue weighted by Crippen LogP contribution is 2.14. The van der Waals surface area contributed by atoms with Crippen molar-refractivity contribution in [1.29, 1.82) is 0 Å². The van der Waals surface area contributed by atoms with Gasteiger partial charge in [0, 0.05) is 19.3 Å². The molecule has 0 saturated heterocycles. The first-order valence-electron chi connectivity index (χ1n) is 27.6. The van der Waals surface area contributed by atoms with Crippen molar-refractivity contribution >= 4 is 17.9 Å². The summed E-state index contributed by atoms with van der Waals surface area (Å²) in [6, 6.07) is 0. The average molecular weight is 919 g/mol. The highest BCUT2D eigenvalue weighted by molar-refractivity contribution is 5.71. The first kappa shape index (κ1) is 62.6. The lowest BCUT2D eigenvalue weighted by Gasteiger charge is -2.18. The Morgan fingerprint density at radius 1 is 0.318 bits per heavy atom. The largest absolute Gasteiger partial charge is 0.462 e. The Kier molecular flexibility index (Phi) is 51.4. The monoisotopic (exact) mass is 919 g/mol. The lowest BCUT2D eigenvalue weighted by molar-refractivity contribution is -0.167. The zero-order valence-electron chi connectivity index (χ0n) is 43.2. The molecule has 0 saturated carbocycles. The van der Waals surface area contributed by atoms with Crippen LogP contribution in [0.15, 0.2) is 85.1 Å². The van der Waals surface area contributed by atoms with Crippen molar-refractivity contribution in [3.8, 4) is 0 Å². The van der Waals surface area contributed by atoms with Gasteiger partial charge in [-0.1, -0.05) is 215 Å². The van der Waals surface area contributed by atoms with Crippen LogP contribution in [-0.4, -0.2) is 37.2 Å². The molecule has 0 aromatic carbocycles. The number of unbranched alkanes of at least 4 members (excludes halogenated alkanes) is 24. The fourth-order valence-corrected chi connectivity index (χ4v) is 7.44. The van der Waals surface area contributed by atoms with Crippen LogP contribution in [0.4, 0.5) is 0 Å². The van der Waals surface area contributed by atoms with Gasteiger partial charge in [0.15, 0.2) is 6.10 Å². The molecule has 66 heavy (non-hydrogen) atoms. The number of rotatable bonds is 49. The van der Waals surface area contributed by atoms with Crippen molar-refractivity contribution < 1.29 is 28.6 Å². The second-order valence-corrected chi connectivity index (χ2v) is 18.1. The number of ether oxygens (including phenoxy) is 3. The molecule has 1 atom stereocenters. The van der Waals surface area contributed by atoms with Crippen LogP contribution < -0.4 is 0 Å². The summed E-state index contributed by atoms with van der Waals surface area (Å²) in [5.41, 5.74) is 0. The number of carbonyl (C=O) groups is 3. The summed E-state index contributed by atoms with van der Waals surface area (Å²) < 4.78 is 16.8. The number of esters is 3. The molecule has 0 amide bonds. The van der Waals surface area contributed by atoms with Gasteiger partial charge in [0.1, 0.15) is 13.2 Å². The van der Waals surface area contributed by atoms with Gasteiger partial charge in [0.2, 0.25) is 0 Å². The summed E-state index contributed by atoms with van der Waals surface area (Å²) in [5.74, 6) is -0.955. The maximum atomic E-state index is 12.8. The van der Waals surface area contributed by atoms with E-state index in [0.29, 0.717) is 19.3 Å². The summed E-state index contributed by atoms with van der Waals surface area (Å²) >= 11 is 0. The molecule has 378 valence electrons. The molecule has 0 bridgehead atoms. The third kappa shape index (κ3) is 51.6. The van der Waals surface area contributed by atoms with E-state index in [0.717, 1.165) is 103 Å². The third-order valence-electron chi connectivity index (χ3n) is 11.6. The molecule has 0 fully saturated rings. The van der Waals surface area contributed by atoms with Crippen LogP contribution in [0.1, 0.15) is 258 Å². The van der Waals surface area contributed by atoms with Gasteiger partial charge < -0.3 is 14.2 Å². The second-order valence-electron chi connectivity index (χ2n) is 18.1. The Morgan fingerprint density at radius 3 is 1.02 bits per heavy atom. The maximum absolute atomic E-state index is 12.8. The quantitative estimate of drug-likeness (QED) is 0.0262. The van der Waals surface area contributed by atoms with E-state index in [-0.39, 0.29) is 37.5 Å². The molecule has 1 unspecified atom stereocenters. The molecule has 0 radical (unpaired) electrons. The Hall–Kier alpha value is -3.41. The number of allylic oxidation sites excluding steroid dienone is 14. The number of hydrogen-bond donors (Lipinski definition) is 0. The molecule has 6 heteroatoms. The normalized spacial score (nSPS) is 12.7. The van der Waals surface area contributed by atoms with Gasteiger partial charge in [-0.2, -0.15) is 0 Å². The van der Waals surface area contributed by atoms with Crippen molar-refractivity contribution in [3.63, 3.8) is 0 Å². The van der Waals surface area contributed by atoms with Crippen LogP contribution in [0.25, 0.3) is 0 Å². The Balaban J connectivity index is 4.43. The lowest BCUT2D eigenvalue weighted by Crippen LogP contribution is -2.30. The third-order valence-corrected chi connectivity index (χ3v) is 11.6. The maximum Gasteiger partial charge on any atom is 0.306 e. The highest BCUT2D eigenvalue weighted by atomic mass is 16.6. The van der Waals surface area contributed by atoms with Gasteiger partial charge in [-0.25, -0.2) is 0 Å². The topological polar surface area (TPSA) is 78.9 Å².